The van der Waals surface area contributed by atoms with E-state index in [9.17, 15) is 0 Å². The topological polar surface area (TPSA) is 3.24 Å². The van der Waals surface area contributed by atoms with Crippen molar-refractivity contribution in [1.82, 2.24) is 0 Å². The number of anilines is 3. The molecule has 70 heavy (non-hydrogen) atoms. The molecule has 0 heterocycles. The van der Waals surface area contributed by atoms with Gasteiger partial charge < -0.3 is 4.90 Å². The molecule has 1 nitrogen and oxygen atoms in total. The van der Waals surface area contributed by atoms with E-state index in [1.807, 2.05) is 0 Å². The van der Waals surface area contributed by atoms with Gasteiger partial charge in [0.2, 0.25) is 0 Å². The van der Waals surface area contributed by atoms with Gasteiger partial charge in [-0.1, -0.05) is 150 Å². The molecule has 0 aliphatic heterocycles. The van der Waals surface area contributed by atoms with Gasteiger partial charge in [-0.2, -0.15) is 0 Å². The van der Waals surface area contributed by atoms with Gasteiger partial charge in [-0.15, -0.1) is 21.9 Å². The molecule has 0 atom stereocenters. The Morgan fingerprint density at radius 1 is 0.314 bits per heavy atom. The summed E-state index contributed by atoms with van der Waals surface area (Å²) in [5.74, 6) is 0. The minimum Gasteiger partial charge on any atom is -0.311 e. The molecule has 0 N–H and O–H groups in total. The van der Waals surface area contributed by atoms with Crippen LogP contribution < -0.4 is 70.5 Å². The Balaban J connectivity index is 1.24. The van der Waals surface area contributed by atoms with Crippen LogP contribution in [0.25, 0.3) is 44.5 Å². The van der Waals surface area contributed by atoms with Gasteiger partial charge in [0.1, 0.15) is 94.2 Å². The van der Waals surface area contributed by atoms with Crippen LogP contribution in [0.15, 0.2) is 91.0 Å². The Kier molecular flexibility index (Phi) is 9.56. The fourth-order valence-corrected chi connectivity index (χ4v) is 13.1. The largest absolute Gasteiger partial charge is 0.311 e. The maximum atomic E-state index is 7.54. The molecule has 4 aliphatic carbocycles. The van der Waals surface area contributed by atoms with Crippen molar-refractivity contribution < 1.29 is 0 Å². The quantitative estimate of drug-likeness (QED) is 0.231. The normalized spacial score (nSPS) is 15.2. The molecule has 12 rings (SSSR count). The third kappa shape index (κ3) is 5.35. The zero-order valence-electron chi connectivity index (χ0n) is 40.0. The predicted octanol–water partition coefficient (Wildman–Crippen LogP) is 0.255. The molecule has 302 valence electrons. The molecule has 0 bridgehead atoms. The third-order valence-electron chi connectivity index (χ3n) is 16.4. The minimum atomic E-state index is -0.784. The number of benzene rings is 8. The van der Waals surface area contributed by atoms with Crippen molar-refractivity contribution in [1.29, 1.82) is 0 Å². The molecule has 13 heteroatoms. The summed E-state index contributed by atoms with van der Waals surface area (Å²) in [5.41, 5.74) is 19.7. The highest BCUT2D eigenvalue weighted by Crippen LogP contribution is 2.65. The fourth-order valence-electron chi connectivity index (χ4n) is 13.1. The van der Waals surface area contributed by atoms with Crippen molar-refractivity contribution >= 4 is 177 Å². The van der Waals surface area contributed by atoms with Gasteiger partial charge in [-0.05, 0) is 121 Å². The van der Waals surface area contributed by atoms with Crippen molar-refractivity contribution in [2.45, 2.75) is 57.8 Å². The lowest BCUT2D eigenvalue weighted by molar-refractivity contribution is 0.665. The first-order chi connectivity index (χ1) is 33.1. The van der Waals surface area contributed by atoms with E-state index in [-0.39, 0.29) is 43.7 Å². The summed E-state index contributed by atoms with van der Waals surface area (Å²) in [6.07, 6.45) is 0. The van der Waals surface area contributed by atoms with Crippen molar-refractivity contribution in [2.75, 3.05) is 4.90 Å². The lowest BCUT2D eigenvalue weighted by Gasteiger charge is -2.36. The average molecular weight is 862 g/mol. The number of aryl methyl sites for hydroxylation is 2. The molecule has 24 radical (unpaired) electrons. The minimum absolute atomic E-state index is 0.187. The predicted molar refractivity (Wildman–Crippen MR) is 307 cm³/mol. The van der Waals surface area contributed by atoms with Crippen LogP contribution in [-0.2, 0) is 16.2 Å². The Morgan fingerprint density at radius 2 is 0.729 bits per heavy atom. The van der Waals surface area contributed by atoms with Crippen LogP contribution in [0.3, 0.4) is 0 Å². The van der Waals surface area contributed by atoms with Crippen LogP contribution in [0.4, 0.5) is 17.1 Å². The van der Waals surface area contributed by atoms with Gasteiger partial charge in [0.25, 0.3) is 0 Å². The molecular formula is C57H33B12N. The number of nitrogens with zero attached hydrogens (tertiary/aromatic N) is 1. The van der Waals surface area contributed by atoms with Crippen molar-refractivity contribution in [3.05, 3.63) is 147 Å². The summed E-state index contributed by atoms with van der Waals surface area (Å²) in [7, 11) is 83.5. The maximum Gasteiger partial charge on any atom is 0.115 e. The van der Waals surface area contributed by atoms with Gasteiger partial charge in [0, 0.05) is 27.8 Å². The number of fused-ring (bicyclic) bond motifs is 16. The van der Waals surface area contributed by atoms with E-state index in [4.69, 9.17) is 94.2 Å². The van der Waals surface area contributed by atoms with Crippen molar-refractivity contribution in [2.24, 2.45) is 0 Å². The summed E-state index contributed by atoms with van der Waals surface area (Å²) < 4.78 is 0. The van der Waals surface area contributed by atoms with E-state index in [0.717, 1.165) is 55.8 Å². The van der Waals surface area contributed by atoms with E-state index in [2.05, 4.69) is 137 Å². The van der Waals surface area contributed by atoms with Crippen LogP contribution in [-0.4, -0.2) is 94.2 Å². The van der Waals surface area contributed by atoms with Crippen LogP contribution in [0.5, 0.6) is 0 Å². The highest BCUT2D eigenvalue weighted by molar-refractivity contribution is 6.66. The molecule has 4 aliphatic rings. The first kappa shape index (κ1) is 45.5. The summed E-state index contributed by atoms with van der Waals surface area (Å²) >= 11 is 0. The highest BCUT2D eigenvalue weighted by atomic mass is 15.2. The fraction of sp³-hybridized carbons (Fsp3) is 0.158. The second-order valence-electron chi connectivity index (χ2n) is 20.8. The Bertz CT molecular complexity index is 3600. The van der Waals surface area contributed by atoms with Crippen LogP contribution in [0.2, 0.25) is 0 Å². The Labute approximate surface area is 428 Å². The first-order valence-electron chi connectivity index (χ1n) is 23.3. The van der Waals surface area contributed by atoms with Gasteiger partial charge in [0.05, 0.1) is 11.1 Å². The Morgan fingerprint density at radius 3 is 1.20 bits per heavy atom. The standard InChI is InChI=1S/C57H33B12N/c1-22-15-16-26-29(17-22)57(27-13-9-7-11-24(27)25-12-8-10-14-28(25)57)32-18-23(2)19-33(36(26)32)70(34-20-30-37(45(60)43(34)58)39-41(55(30,3)4)49(64)53(68)51(66)47(39)62)35-21-31-38(46(61)44(35)59)40-42(56(31,5)6)50(65)54(69)52(67)48(40)63/h7-21H,1-6H3. The maximum absolute atomic E-state index is 7.54. The SMILES string of the molecule is [B]c1c(N(c2cc3c(c([B])c2[B])-c2c([B])c([B])c([B])c([B])c2C3(C)C)c2cc(C)cc3c2-c2ccc(C)cc2C32c3ccccc3-c3ccccc32)cc2c(c1[B])-c1c([B])c([B])c([B])c([B])c1C2(C)C. The lowest BCUT2D eigenvalue weighted by atomic mass is 9.61. The van der Waals surface area contributed by atoms with Gasteiger partial charge in [-0.3, -0.25) is 0 Å². The number of hydrogen-bond donors (Lipinski definition) is 0. The second-order valence-corrected chi connectivity index (χ2v) is 20.8. The van der Waals surface area contributed by atoms with Gasteiger partial charge >= 0.3 is 0 Å². The molecule has 0 fully saturated rings. The van der Waals surface area contributed by atoms with Crippen LogP contribution in [0.1, 0.15) is 83.3 Å². The molecule has 8 aromatic carbocycles. The molecule has 8 aromatic rings. The van der Waals surface area contributed by atoms with Gasteiger partial charge in [-0.25, -0.2) is 0 Å². The summed E-state index contributed by atoms with van der Waals surface area (Å²) in [6.45, 7) is 12.6. The second kappa shape index (κ2) is 14.7. The van der Waals surface area contributed by atoms with Crippen LogP contribution in [0, 0.1) is 13.8 Å². The molecule has 0 amide bonds. The van der Waals surface area contributed by atoms with E-state index in [0.29, 0.717) is 55.5 Å². The molecular weight excluding hydrogens is 828 g/mol. The molecule has 0 unspecified atom stereocenters. The molecule has 1 spiro atoms. The number of hydrogen-bond acceptors (Lipinski definition) is 1. The zero-order valence-corrected chi connectivity index (χ0v) is 40.0. The average Bonchev–Trinajstić information content (AvgIpc) is 3.96. The first-order valence-corrected chi connectivity index (χ1v) is 23.3. The lowest BCUT2D eigenvalue weighted by Crippen LogP contribution is -2.51. The Hall–Kier alpha value is -5.66. The third-order valence-corrected chi connectivity index (χ3v) is 16.4. The molecule has 0 aromatic heterocycles. The zero-order chi connectivity index (χ0) is 49.7. The van der Waals surface area contributed by atoms with E-state index < -0.39 is 16.2 Å². The molecule has 0 saturated carbocycles. The van der Waals surface area contributed by atoms with E-state index >= 15 is 0 Å². The van der Waals surface area contributed by atoms with Crippen molar-refractivity contribution in [3.63, 3.8) is 0 Å². The summed E-state index contributed by atoms with van der Waals surface area (Å²) in [6, 6.07) is 32.9. The smallest absolute Gasteiger partial charge is 0.115 e. The summed E-state index contributed by atoms with van der Waals surface area (Å²) in [5, 5.41) is 0. The van der Waals surface area contributed by atoms with Gasteiger partial charge in [0.15, 0.2) is 0 Å². The van der Waals surface area contributed by atoms with E-state index in [1.165, 1.54) is 27.8 Å². The van der Waals surface area contributed by atoms with Crippen LogP contribution >= 0.6 is 0 Å². The molecule has 0 saturated heterocycles. The highest BCUT2D eigenvalue weighted by Gasteiger charge is 2.53. The van der Waals surface area contributed by atoms with Crippen molar-refractivity contribution in [3.8, 4) is 44.5 Å². The number of rotatable bonds is 3. The summed E-state index contributed by atoms with van der Waals surface area (Å²) in [4.78, 5) is 2.13. The monoisotopic (exact) mass is 863 g/mol. The van der Waals surface area contributed by atoms with E-state index in [1.54, 1.807) is 0 Å².